The van der Waals surface area contributed by atoms with Crippen molar-refractivity contribution in [2.24, 2.45) is 0 Å². The van der Waals surface area contributed by atoms with Gasteiger partial charge in [0.25, 0.3) is 0 Å². The lowest BCUT2D eigenvalue weighted by Crippen LogP contribution is -1.90. The Hall–Kier alpha value is -1.72. The van der Waals surface area contributed by atoms with Crippen LogP contribution in [0.1, 0.15) is 0 Å². The van der Waals surface area contributed by atoms with Crippen LogP contribution in [0.15, 0.2) is 103 Å². The maximum absolute atomic E-state index is 3.58. The van der Waals surface area contributed by atoms with Crippen LogP contribution >= 0.6 is 50.8 Å². The van der Waals surface area contributed by atoms with Crippen molar-refractivity contribution < 1.29 is 0 Å². The minimum Gasteiger partial charge on any atom is -0.135 e. The van der Waals surface area contributed by atoms with Crippen LogP contribution in [0.2, 0.25) is 0 Å². The Morgan fingerprint density at radius 3 is 2.11 bits per heavy atom. The molecule has 1 aliphatic heterocycles. The van der Waals surface area contributed by atoms with Gasteiger partial charge in [-0.05, 0) is 59.7 Å². The highest BCUT2D eigenvalue weighted by atomic mass is 79.9. The van der Waals surface area contributed by atoms with Gasteiger partial charge in [0.05, 0.1) is 0 Å². The van der Waals surface area contributed by atoms with Gasteiger partial charge in [0.1, 0.15) is 0 Å². The molecule has 4 aromatic carbocycles. The lowest BCUT2D eigenvalue weighted by atomic mass is 10.0. The highest BCUT2D eigenvalue weighted by molar-refractivity contribution is 9.10. The van der Waals surface area contributed by atoms with Gasteiger partial charge in [0.15, 0.2) is 0 Å². The predicted octanol–water partition coefficient (Wildman–Crippen LogP) is 9.10. The molecule has 1 aromatic heterocycles. The zero-order valence-corrected chi connectivity index (χ0v) is 18.6. The first-order chi connectivity index (χ1) is 13.7. The van der Waals surface area contributed by atoms with E-state index in [0.29, 0.717) is 0 Å². The third-order valence-electron chi connectivity index (χ3n) is 5.00. The van der Waals surface area contributed by atoms with E-state index < -0.39 is 0 Å². The van der Waals surface area contributed by atoms with Crippen molar-refractivity contribution in [3.8, 4) is 11.1 Å². The molecule has 0 fully saturated rings. The average Bonchev–Trinajstić information content (AvgIpc) is 3.10. The molecule has 5 aromatic rings. The SMILES string of the molecule is Brc1ccc2c(c1)Sc1ccc(-c3ccc4sc5ccccc5c4c3)cc1S2. The van der Waals surface area contributed by atoms with Crippen LogP contribution in [0.25, 0.3) is 31.3 Å². The Morgan fingerprint density at radius 2 is 1.21 bits per heavy atom. The Bertz CT molecular complexity index is 1380. The third-order valence-corrected chi connectivity index (χ3v) is 9.17. The first-order valence-electron chi connectivity index (χ1n) is 8.96. The van der Waals surface area contributed by atoms with E-state index in [-0.39, 0.29) is 0 Å². The summed E-state index contributed by atoms with van der Waals surface area (Å²) >= 11 is 9.18. The summed E-state index contributed by atoms with van der Waals surface area (Å²) in [7, 11) is 0. The third kappa shape index (κ3) is 2.82. The largest absolute Gasteiger partial charge is 0.135 e. The average molecular weight is 477 g/mol. The monoisotopic (exact) mass is 476 g/mol. The van der Waals surface area contributed by atoms with Crippen LogP contribution < -0.4 is 0 Å². The minimum atomic E-state index is 1.13. The fraction of sp³-hybridized carbons (Fsp3) is 0. The summed E-state index contributed by atoms with van der Waals surface area (Å²) in [6.45, 7) is 0. The van der Waals surface area contributed by atoms with Crippen molar-refractivity contribution in [2.75, 3.05) is 0 Å². The predicted molar refractivity (Wildman–Crippen MR) is 127 cm³/mol. The Morgan fingerprint density at radius 1 is 0.536 bits per heavy atom. The molecular weight excluding hydrogens is 464 g/mol. The number of hydrogen-bond acceptors (Lipinski definition) is 3. The van der Waals surface area contributed by atoms with Crippen molar-refractivity contribution in [1.29, 1.82) is 0 Å². The van der Waals surface area contributed by atoms with E-state index in [1.807, 2.05) is 34.9 Å². The van der Waals surface area contributed by atoms with E-state index in [0.717, 1.165) is 4.47 Å². The molecule has 0 amide bonds. The van der Waals surface area contributed by atoms with Gasteiger partial charge in [0.2, 0.25) is 0 Å². The Balaban J connectivity index is 1.45. The van der Waals surface area contributed by atoms with E-state index >= 15 is 0 Å². The summed E-state index contributed by atoms with van der Waals surface area (Å²) in [6.07, 6.45) is 0. The molecule has 0 nitrogen and oxygen atoms in total. The van der Waals surface area contributed by atoms with Gasteiger partial charge in [-0.1, -0.05) is 69.8 Å². The molecule has 0 bridgehead atoms. The highest BCUT2D eigenvalue weighted by Gasteiger charge is 2.18. The number of fused-ring (bicyclic) bond motifs is 5. The summed E-state index contributed by atoms with van der Waals surface area (Å²) < 4.78 is 3.85. The normalized spacial score (nSPS) is 12.9. The van der Waals surface area contributed by atoms with Crippen molar-refractivity contribution in [1.82, 2.24) is 0 Å². The van der Waals surface area contributed by atoms with E-state index in [1.54, 1.807) is 0 Å². The van der Waals surface area contributed by atoms with Gasteiger partial charge < -0.3 is 0 Å². The van der Waals surface area contributed by atoms with Crippen molar-refractivity contribution in [3.63, 3.8) is 0 Å². The number of hydrogen-bond donors (Lipinski definition) is 0. The van der Waals surface area contributed by atoms with E-state index in [1.165, 1.54) is 50.9 Å². The Kier molecular flexibility index (Phi) is 4.09. The van der Waals surface area contributed by atoms with E-state index in [2.05, 4.69) is 94.8 Å². The van der Waals surface area contributed by atoms with Crippen LogP contribution in [0.5, 0.6) is 0 Å². The quantitative estimate of drug-likeness (QED) is 0.232. The van der Waals surface area contributed by atoms with E-state index in [9.17, 15) is 0 Å². The van der Waals surface area contributed by atoms with Gasteiger partial charge in [-0.25, -0.2) is 0 Å². The second kappa shape index (κ2) is 6.67. The maximum Gasteiger partial charge on any atom is 0.0355 e. The standard InChI is InChI=1S/C24H13BrS3/c25-16-7-10-22-24(13-16)28-21-9-6-15(12-23(21)27-22)14-5-8-20-18(11-14)17-3-1-2-4-19(17)26-20/h1-13H. The highest BCUT2D eigenvalue weighted by Crippen LogP contribution is 2.50. The number of benzene rings is 4. The van der Waals surface area contributed by atoms with Gasteiger partial charge >= 0.3 is 0 Å². The van der Waals surface area contributed by atoms with Crippen molar-refractivity contribution in [2.45, 2.75) is 19.6 Å². The maximum atomic E-state index is 3.58. The summed E-state index contributed by atoms with van der Waals surface area (Å²) in [6, 6.07) is 29.0. The second-order valence-electron chi connectivity index (χ2n) is 6.77. The molecule has 0 saturated carbocycles. The number of halogens is 1. The summed E-state index contributed by atoms with van der Waals surface area (Å²) in [4.78, 5) is 5.33. The summed E-state index contributed by atoms with van der Waals surface area (Å²) in [5.74, 6) is 0. The molecule has 0 radical (unpaired) electrons. The smallest absolute Gasteiger partial charge is 0.0355 e. The van der Waals surface area contributed by atoms with Crippen LogP contribution in [-0.4, -0.2) is 0 Å². The number of thiophene rings is 1. The molecule has 0 unspecified atom stereocenters. The fourth-order valence-electron chi connectivity index (χ4n) is 3.64. The van der Waals surface area contributed by atoms with E-state index in [4.69, 9.17) is 0 Å². The lowest BCUT2D eigenvalue weighted by Gasteiger charge is -2.19. The number of rotatable bonds is 1. The molecule has 0 aliphatic carbocycles. The molecule has 6 rings (SSSR count). The molecule has 0 N–H and O–H groups in total. The topological polar surface area (TPSA) is 0 Å². The second-order valence-corrected chi connectivity index (χ2v) is 10.9. The lowest BCUT2D eigenvalue weighted by molar-refractivity contribution is 1.15. The van der Waals surface area contributed by atoms with Gasteiger partial charge in [-0.15, -0.1) is 11.3 Å². The Labute approximate surface area is 184 Å². The summed E-state index contributed by atoms with van der Waals surface area (Å²) in [5, 5.41) is 2.71. The zero-order valence-electron chi connectivity index (χ0n) is 14.6. The molecule has 0 saturated heterocycles. The van der Waals surface area contributed by atoms with Gasteiger partial charge in [0, 0.05) is 44.2 Å². The van der Waals surface area contributed by atoms with Crippen molar-refractivity contribution in [3.05, 3.63) is 83.3 Å². The molecule has 0 atom stereocenters. The minimum absolute atomic E-state index is 1.13. The molecule has 4 heteroatoms. The molecular formula is C24H13BrS3. The zero-order chi connectivity index (χ0) is 18.7. The van der Waals surface area contributed by atoms with Crippen LogP contribution in [0, 0.1) is 0 Å². The fourth-order valence-corrected chi connectivity index (χ4v) is 7.51. The molecule has 0 spiro atoms. The summed E-state index contributed by atoms with van der Waals surface area (Å²) in [5.41, 5.74) is 2.57. The van der Waals surface area contributed by atoms with Gasteiger partial charge in [-0.3, -0.25) is 0 Å². The molecule has 1 aliphatic rings. The molecule has 28 heavy (non-hydrogen) atoms. The first kappa shape index (κ1) is 17.2. The van der Waals surface area contributed by atoms with Crippen LogP contribution in [-0.2, 0) is 0 Å². The van der Waals surface area contributed by atoms with Crippen LogP contribution in [0.3, 0.4) is 0 Å². The first-order valence-corrected chi connectivity index (χ1v) is 12.2. The van der Waals surface area contributed by atoms with Gasteiger partial charge in [-0.2, -0.15) is 0 Å². The van der Waals surface area contributed by atoms with Crippen molar-refractivity contribution >= 4 is 71.0 Å². The van der Waals surface area contributed by atoms with Crippen LogP contribution in [0.4, 0.5) is 0 Å². The molecule has 134 valence electrons. The molecule has 2 heterocycles.